The summed E-state index contributed by atoms with van der Waals surface area (Å²) in [7, 11) is -2.24. The molecule has 2 rings (SSSR count). The Bertz CT molecular complexity index is 1030. The minimum absolute atomic E-state index is 0.0168. The molecule has 0 aliphatic carbocycles. The fourth-order valence-electron chi connectivity index (χ4n) is 2.39. The van der Waals surface area contributed by atoms with Gasteiger partial charge in [0.1, 0.15) is 5.75 Å². The summed E-state index contributed by atoms with van der Waals surface area (Å²) in [5.41, 5.74) is -0.106. The van der Waals surface area contributed by atoms with Crippen LogP contribution in [0.4, 0.5) is 5.69 Å². The summed E-state index contributed by atoms with van der Waals surface area (Å²) >= 11 is 5.99. The molecule has 0 fully saturated rings. The number of halogens is 1. The molecule has 0 bridgehead atoms. The van der Waals surface area contributed by atoms with Gasteiger partial charge in [0.25, 0.3) is 5.91 Å². The van der Waals surface area contributed by atoms with Gasteiger partial charge in [-0.25, -0.2) is 17.9 Å². The Morgan fingerprint density at radius 3 is 2.23 bits per heavy atom. The molecule has 0 aliphatic heterocycles. The van der Waals surface area contributed by atoms with Gasteiger partial charge in [0.05, 0.1) is 22.6 Å². The zero-order chi connectivity index (χ0) is 22.5. The number of ether oxygens (including phenoxy) is 2. The van der Waals surface area contributed by atoms with Crippen molar-refractivity contribution in [2.24, 2.45) is 0 Å². The first-order valence-electron chi connectivity index (χ1n) is 8.86. The van der Waals surface area contributed by atoms with Crippen molar-refractivity contribution in [2.45, 2.75) is 31.2 Å². The lowest BCUT2D eigenvalue weighted by molar-refractivity contribution is -0.119. The predicted molar refractivity (Wildman–Crippen MR) is 113 cm³/mol. The van der Waals surface area contributed by atoms with Gasteiger partial charge in [-0.3, -0.25) is 4.79 Å². The van der Waals surface area contributed by atoms with Crippen molar-refractivity contribution < 1.29 is 27.5 Å². The first-order chi connectivity index (χ1) is 13.9. The van der Waals surface area contributed by atoms with Crippen LogP contribution < -0.4 is 14.8 Å². The van der Waals surface area contributed by atoms with E-state index >= 15 is 0 Å². The van der Waals surface area contributed by atoms with E-state index in [1.165, 1.54) is 37.4 Å². The third-order valence-corrected chi connectivity index (χ3v) is 5.68. The molecule has 2 N–H and O–H groups in total. The first kappa shape index (κ1) is 23.7. The molecule has 162 valence electrons. The average Bonchev–Trinajstić information content (AvgIpc) is 2.64. The number of sulfonamides is 1. The number of hydrogen-bond acceptors (Lipinski definition) is 6. The molecule has 2 aromatic carbocycles. The van der Waals surface area contributed by atoms with Crippen molar-refractivity contribution in [3.63, 3.8) is 0 Å². The van der Waals surface area contributed by atoms with E-state index in [4.69, 9.17) is 21.1 Å². The molecule has 0 heterocycles. The normalized spacial score (nSPS) is 11.6. The van der Waals surface area contributed by atoms with Gasteiger partial charge in [-0.1, -0.05) is 11.6 Å². The van der Waals surface area contributed by atoms with Crippen molar-refractivity contribution in [1.82, 2.24) is 4.72 Å². The SMILES string of the molecule is COc1ccc(NC(=O)COC(=O)c2ccc(S(=O)(=O)NC(C)(C)C)cc2)cc1Cl. The van der Waals surface area contributed by atoms with Crippen LogP contribution in [0.15, 0.2) is 47.4 Å². The quantitative estimate of drug-likeness (QED) is 0.621. The van der Waals surface area contributed by atoms with Crippen molar-refractivity contribution in [3.8, 4) is 5.75 Å². The zero-order valence-electron chi connectivity index (χ0n) is 17.0. The second kappa shape index (κ2) is 9.46. The summed E-state index contributed by atoms with van der Waals surface area (Å²) in [5, 5.41) is 2.87. The van der Waals surface area contributed by atoms with Gasteiger partial charge < -0.3 is 14.8 Å². The van der Waals surface area contributed by atoms with Gasteiger partial charge in [-0.05, 0) is 63.2 Å². The topological polar surface area (TPSA) is 111 Å². The second-order valence-electron chi connectivity index (χ2n) is 7.35. The van der Waals surface area contributed by atoms with Gasteiger partial charge in [-0.15, -0.1) is 0 Å². The number of carbonyl (C=O) groups is 2. The summed E-state index contributed by atoms with van der Waals surface area (Å²) in [6.45, 7) is 4.65. The van der Waals surface area contributed by atoms with Crippen molar-refractivity contribution in [3.05, 3.63) is 53.1 Å². The molecule has 0 atom stereocenters. The third kappa shape index (κ3) is 6.72. The standard InChI is InChI=1S/C20H23ClN2O6S/c1-20(2,3)23-30(26,27)15-8-5-13(6-9-15)19(25)29-12-18(24)22-14-7-10-17(28-4)16(21)11-14/h5-11,23H,12H2,1-4H3,(H,22,24). The summed E-state index contributed by atoms with van der Waals surface area (Å²) in [5.74, 6) is -0.854. The van der Waals surface area contributed by atoms with E-state index in [1.807, 2.05) is 0 Å². The Hall–Kier alpha value is -2.62. The van der Waals surface area contributed by atoms with E-state index in [0.717, 1.165) is 0 Å². The highest BCUT2D eigenvalue weighted by Crippen LogP contribution is 2.27. The lowest BCUT2D eigenvalue weighted by atomic mass is 10.1. The molecule has 30 heavy (non-hydrogen) atoms. The molecule has 10 heteroatoms. The van der Waals surface area contributed by atoms with Gasteiger partial charge >= 0.3 is 5.97 Å². The maximum Gasteiger partial charge on any atom is 0.338 e. The lowest BCUT2D eigenvalue weighted by Crippen LogP contribution is -2.40. The molecule has 8 nitrogen and oxygen atoms in total. The summed E-state index contributed by atoms with van der Waals surface area (Å²) < 4.78 is 37.1. The smallest absolute Gasteiger partial charge is 0.338 e. The van der Waals surface area contributed by atoms with E-state index in [9.17, 15) is 18.0 Å². The number of nitrogens with one attached hydrogen (secondary N) is 2. The number of rotatable bonds is 7. The molecule has 0 aromatic heterocycles. The maximum atomic E-state index is 12.3. The van der Waals surface area contributed by atoms with Crippen LogP contribution in [0.25, 0.3) is 0 Å². The lowest BCUT2D eigenvalue weighted by Gasteiger charge is -2.20. The number of benzene rings is 2. The Kier molecular flexibility index (Phi) is 7.46. The molecule has 0 saturated carbocycles. The fraction of sp³-hybridized carbons (Fsp3) is 0.300. The molecule has 2 aromatic rings. The fourth-order valence-corrected chi connectivity index (χ4v) is 4.06. The number of amides is 1. The highest BCUT2D eigenvalue weighted by molar-refractivity contribution is 7.89. The number of esters is 1. The minimum Gasteiger partial charge on any atom is -0.495 e. The van der Waals surface area contributed by atoms with Crippen LogP contribution >= 0.6 is 11.6 Å². The van der Waals surface area contributed by atoms with Gasteiger partial charge in [-0.2, -0.15) is 0 Å². The zero-order valence-corrected chi connectivity index (χ0v) is 18.6. The minimum atomic E-state index is -3.72. The van der Waals surface area contributed by atoms with Crippen LogP contribution in [0.5, 0.6) is 5.75 Å². The van der Waals surface area contributed by atoms with Crippen LogP contribution in [-0.2, 0) is 19.6 Å². The molecule has 0 spiro atoms. The number of methoxy groups -OCH3 is 1. The third-order valence-electron chi connectivity index (χ3n) is 3.61. The Labute approximate surface area is 180 Å². The Balaban J connectivity index is 1.95. The van der Waals surface area contributed by atoms with E-state index in [1.54, 1.807) is 32.9 Å². The van der Waals surface area contributed by atoms with Crippen LogP contribution in [0.3, 0.4) is 0 Å². The highest BCUT2D eigenvalue weighted by Gasteiger charge is 2.22. The van der Waals surface area contributed by atoms with Gasteiger partial charge in [0.15, 0.2) is 6.61 Å². The number of anilines is 1. The largest absolute Gasteiger partial charge is 0.495 e. The van der Waals surface area contributed by atoms with Gasteiger partial charge in [0.2, 0.25) is 10.0 Å². The summed E-state index contributed by atoms with van der Waals surface area (Å²) in [6, 6.07) is 9.92. The van der Waals surface area contributed by atoms with E-state index < -0.39 is 34.0 Å². The van der Waals surface area contributed by atoms with Gasteiger partial charge in [0, 0.05) is 11.2 Å². The van der Waals surface area contributed by atoms with Crippen molar-refractivity contribution in [1.29, 1.82) is 0 Å². The average molecular weight is 455 g/mol. The first-order valence-corrected chi connectivity index (χ1v) is 10.7. The molecular weight excluding hydrogens is 432 g/mol. The number of carbonyl (C=O) groups excluding carboxylic acids is 2. The van der Waals surface area contributed by atoms with Crippen LogP contribution in [0, 0.1) is 0 Å². The van der Waals surface area contributed by atoms with Crippen molar-refractivity contribution in [2.75, 3.05) is 19.0 Å². The Morgan fingerprint density at radius 2 is 1.70 bits per heavy atom. The molecular formula is C20H23ClN2O6S. The molecule has 0 radical (unpaired) electrons. The number of hydrogen-bond donors (Lipinski definition) is 2. The van der Waals surface area contributed by atoms with Crippen LogP contribution in [0.2, 0.25) is 5.02 Å². The maximum absolute atomic E-state index is 12.3. The molecule has 1 amide bonds. The summed E-state index contributed by atoms with van der Waals surface area (Å²) in [4.78, 5) is 24.1. The molecule has 0 aliphatic rings. The summed E-state index contributed by atoms with van der Waals surface area (Å²) in [6.07, 6.45) is 0. The van der Waals surface area contributed by atoms with Crippen LogP contribution in [0.1, 0.15) is 31.1 Å². The Morgan fingerprint density at radius 1 is 1.07 bits per heavy atom. The molecule has 0 unspecified atom stereocenters. The molecule has 0 saturated heterocycles. The van der Waals surface area contributed by atoms with Crippen molar-refractivity contribution >= 4 is 39.2 Å². The predicted octanol–water partition coefficient (Wildman–Crippen LogP) is 3.22. The van der Waals surface area contributed by atoms with E-state index in [2.05, 4.69) is 10.0 Å². The van der Waals surface area contributed by atoms with E-state index in [-0.39, 0.29) is 10.5 Å². The highest BCUT2D eigenvalue weighted by atomic mass is 35.5. The second-order valence-corrected chi connectivity index (χ2v) is 9.44. The monoisotopic (exact) mass is 454 g/mol. The van der Waals surface area contributed by atoms with E-state index in [0.29, 0.717) is 16.5 Å². The van der Waals surface area contributed by atoms with Crippen LogP contribution in [-0.4, -0.2) is 39.5 Å².